The summed E-state index contributed by atoms with van der Waals surface area (Å²) in [4.78, 5) is 5.51. The van der Waals surface area contributed by atoms with Crippen LogP contribution in [0.15, 0.2) is 30.3 Å². The highest BCUT2D eigenvalue weighted by atomic mass is 19.4. The SMILES string of the molecule is CCN(CC(F)(F)F)c1cc(CN)c2ccccc2n1. The van der Waals surface area contributed by atoms with E-state index in [1.54, 1.807) is 25.1 Å². The average Bonchev–Trinajstić information content (AvgIpc) is 2.42. The first-order chi connectivity index (χ1) is 9.44. The predicted molar refractivity (Wildman–Crippen MR) is 73.6 cm³/mol. The number of fused-ring (bicyclic) bond motifs is 1. The van der Waals surface area contributed by atoms with Crippen LogP contribution in [0.4, 0.5) is 19.0 Å². The molecule has 0 aliphatic carbocycles. The molecule has 0 atom stereocenters. The molecule has 0 saturated heterocycles. The van der Waals surface area contributed by atoms with Crippen LogP contribution >= 0.6 is 0 Å². The molecule has 0 aliphatic rings. The number of anilines is 1. The summed E-state index contributed by atoms with van der Waals surface area (Å²) in [6, 6.07) is 8.95. The minimum Gasteiger partial charge on any atom is -0.348 e. The van der Waals surface area contributed by atoms with Crippen LogP contribution in [0.2, 0.25) is 0 Å². The van der Waals surface area contributed by atoms with Gasteiger partial charge >= 0.3 is 6.18 Å². The molecule has 2 rings (SSSR count). The molecular formula is C14H16F3N3. The third-order valence-corrected chi connectivity index (χ3v) is 3.08. The standard InChI is InChI=1S/C14H16F3N3/c1-2-20(9-14(15,16)17)13-7-10(8-18)11-5-3-4-6-12(11)19-13/h3-7H,2,8-9,18H2,1H3. The first kappa shape index (κ1) is 14.6. The fourth-order valence-corrected chi connectivity index (χ4v) is 2.13. The van der Waals surface area contributed by atoms with E-state index in [0.717, 1.165) is 10.9 Å². The maximum Gasteiger partial charge on any atom is 0.405 e. The van der Waals surface area contributed by atoms with Gasteiger partial charge in [0.1, 0.15) is 12.4 Å². The Hall–Kier alpha value is -1.82. The number of rotatable bonds is 4. The van der Waals surface area contributed by atoms with Crippen LogP contribution in [-0.2, 0) is 6.54 Å². The third-order valence-electron chi connectivity index (χ3n) is 3.08. The Labute approximate surface area is 115 Å². The molecule has 0 spiro atoms. The van der Waals surface area contributed by atoms with E-state index in [2.05, 4.69) is 4.98 Å². The van der Waals surface area contributed by atoms with Gasteiger partial charge in [-0.15, -0.1) is 0 Å². The molecule has 0 amide bonds. The number of halogens is 3. The minimum absolute atomic E-state index is 0.231. The lowest BCUT2D eigenvalue weighted by Crippen LogP contribution is -2.34. The van der Waals surface area contributed by atoms with Gasteiger partial charge in [0.2, 0.25) is 0 Å². The second-order valence-corrected chi connectivity index (χ2v) is 4.49. The quantitative estimate of drug-likeness (QED) is 0.937. The fourth-order valence-electron chi connectivity index (χ4n) is 2.13. The summed E-state index contributed by atoms with van der Waals surface area (Å²) in [6.07, 6.45) is -4.26. The summed E-state index contributed by atoms with van der Waals surface area (Å²) < 4.78 is 37.7. The average molecular weight is 283 g/mol. The van der Waals surface area contributed by atoms with Crippen molar-refractivity contribution in [3.63, 3.8) is 0 Å². The van der Waals surface area contributed by atoms with Crippen LogP contribution in [0.3, 0.4) is 0 Å². The van der Waals surface area contributed by atoms with Crippen molar-refractivity contribution in [1.29, 1.82) is 0 Å². The van der Waals surface area contributed by atoms with E-state index in [4.69, 9.17) is 5.73 Å². The highest BCUT2D eigenvalue weighted by Crippen LogP contribution is 2.25. The molecule has 1 aromatic carbocycles. The van der Waals surface area contributed by atoms with Crippen LogP contribution in [0.25, 0.3) is 10.9 Å². The molecule has 20 heavy (non-hydrogen) atoms. The molecule has 1 aromatic heterocycles. The van der Waals surface area contributed by atoms with Gasteiger partial charge in [-0.25, -0.2) is 4.98 Å². The summed E-state index contributed by atoms with van der Waals surface area (Å²) >= 11 is 0. The van der Waals surface area contributed by atoms with E-state index in [9.17, 15) is 13.2 Å². The van der Waals surface area contributed by atoms with Crippen molar-refractivity contribution in [3.05, 3.63) is 35.9 Å². The van der Waals surface area contributed by atoms with Crippen molar-refractivity contribution in [2.45, 2.75) is 19.6 Å². The van der Waals surface area contributed by atoms with Gasteiger partial charge in [-0.2, -0.15) is 13.2 Å². The lowest BCUT2D eigenvalue weighted by Gasteiger charge is -2.24. The number of nitrogens with zero attached hydrogens (tertiary/aromatic N) is 2. The van der Waals surface area contributed by atoms with E-state index in [-0.39, 0.29) is 13.1 Å². The number of benzene rings is 1. The van der Waals surface area contributed by atoms with E-state index in [1.807, 2.05) is 12.1 Å². The Morgan fingerprint density at radius 1 is 1.25 bits per heavy atom. The van der Waals surface area contributed by atoms with Gasteiger partial charge in [-0.3, -0.25) is 0 Å². The van der Waals surface area contributed by atoms with Crippen molar-refractivity contribution in [1.82, 2.24) is 4.98 Å². The third kappa shape index (κ3) is 3.19. The molecule has 3 nitrogen and oxygen atoms in total. The van der Waals surface area contributed by atoms with Crippen molar-refractivity contribution in [2.75, 3.05) is 18.0 Å². The Balaban J connectivity index is 2.48. The van der Waals surface area contributed by atoms with Crippen molar-refractivity contribution in [2.24, 2.45) is 5.73 Å². The summed E-state index contributed by atoms with van der Waals surface area (Å²) in [5.41, 5.74) is 7.14. The number of para-hydroxylation sites is 1. The molecule has 0 saturated carbocycles. The summed E-state index contributed by atoms with van der Waals surface area (Å²) in [7, 11) is 0. The molecule has 0 fully saturated rings. The smallest absolute Gasteiger partial charge is 0.348 e. The zero-order valence-electron chi connectivity index (χ0n) is 11.1. The number of nitrogens with two attached hydrogens (primary N) is 1. The zero-order chi connectivity index (χ0) is 14.8. The lowest BCUT2D eigenvalue weighted by molar-refractivity contribution is -0.119. The molecule has 2 N–H and O–H groups in total. The van der Waals surface area contributed by atoms with E-state index in [1.165, 1.54) is 4.90 Å². The predicted octanol–water partition coefficient (Wildman–Crippen LogP) is 3.08. The minimum atomic E-state index is -4.26. The topological polar surface area (TPSA) is 42.1 Å². The van der Waals surface area contributed by atoms with E-state index in [0.29, 0.717) is 11.3 Å². The van der Waals surface area contributed by atoms with Crippen molar-refractivity contribution >= 4 is 16.7 Å². The number of hydrogen-bond donors (Lipinski definition) is 1. The maximum atomic E-state index is 12.6. The highest BCUT2D eigenvalue weighted by Gasteiger charge is 2.31. The van der Waals surface area contributed by atoms with Crippen LogP contribution in [0, 0.1) is 0 Å². The van der Waals surface area contributed by atoms with E-state index < -0.39 is 12.7 Å². The lowest BCUT2D eigenvalue weighted by atomic mass is 10.1. The van der Waals surface area contributed by atoms with Gasteiger partial charge in [-0.05, 0) is 24.6 Å². The van der Waals surface area contributed by atoms with Gasteiger partial charge in [-0.1, -0.05) is 18.2 Å². The molecule has 1 heterocycles. The highest BCUT2D eigenvalue weighted by molar-refractivity contribution is 5.84. The Morgan fingerprint density at radius 2 is 1.95 bits per heavy atom. The van der Waals surface area contributed by atoms with Crippen LogP contribution in [0.5, 0.6) is 0 Å². The number of pyridine rings is 1. The summed E-state index contributed by atoms with van der Waals surface area (Å²) in [5.74, 6) is 0.309. The second kappa shape index (κ2) is 5.66. The fraction of sp³-hybridized carbons (Fsp3) is 0.357. The van der Waals surface area contributed by atoms with Gasteiger partial charge in [0.05, 0.1) is 5.52 Å². The van der Waals surface area contributed by atoms with Crippen LogP contribution in [-0.4, -0.2) is 24.2 Å². The van der Waals surface area contributed by atoms with Crippen molar-refractivity contribution < 1.29 is 13.2 Å². The number of aromatic nitrogens is 1. The van der Waals surface area contributed by atoms with Gasteiger partial charge in [0.15, 0.2) is 0 Å². The summed E-state index contributed by atoms with van der Waals surface area (Å²) in [6.45, 7) is 1.15. The molecule has 0 aliphatic heterocycles. The van der Waals surface area contributed by atoms with E-state index >= 15 is 0 Å². The van der Waals surface area contributed by atoms with Crippen molar-refractivity contribution in [3.8, 4) is 0 Å². The molecule has 0 radical (unpaired) electrons. The molecular weight excluding hydrogens is 267 g/mol. The largest absolute Gasteiger partial charge is 0.405 e. The molecule has 6 heteroatoms. The monoisotopic (exact) mass is 283 g/mol. The zero-order valence-corrected chi connectivity index (χ0v) is 11.1. The Bertz CT molecular complexity index is 596. The van der Waals surface area contributed by atoms with Gasteiger partial charge < -0.3 is 10.6 Å². The first-order valence-corrected chi connectivity index (χ1v) is 6.35. The van der Waals surface area contributed by atoms with Gasteiger partial charge in [0.25, 0.3) is 0 Å². The molecule has 2 aromatic rings. The molecule has 108 valence electrons. The van der Waals surface area contributed by atoms with Crippen LogP contribution in [0.1, 0.15) is 12.5 Å². The molecule has 0 unspecified atom stereocenters. The number of alkyl halides is 3. The van der Waals surface area contributed by atoms with Gasteiger partial charge in [0, 0.05) is 18.5 Å². The number of hydrogen-bond acceptors (Lipinski definition) is 3. The molecule has 0 bridgehead atoms. The summed E-state index contributed by atoms with van der Waals surface area (Å²) in [5, 5.41) is 0.877. The Kier molecular flexibility index (Phi) is 4.13. The van der Waals surface area contributed by atoms with Crippen LogP contribution < -0.4 is 10.6 Å². The normalized spacial score (nSPS) is 11.8. The first-order valence-electron chi connectivity index (χ1n) is 6.35. The maximum absolute atomic E-state index is 12.6. The second-order valence-electron chi connectivity index (χ2n) is 4.49. The Morgan fingerprint density at radius 3 is 2.55 bits per heavy atom.